The van der Waals surface area contributed by atoms with Gasteiger partial charge < -0.3 is 14.7 Å². The molecular formula is C14H23N3O2. The molecule has 0 aliphatic carbocycles. The van der Waals surface area contributed by atoms with Gasteiger partial charge in [-0.3, -0.25) is 4.79 Å². The number of likely N-dealkylation sites (tertiary alicyclic amines) is 1. The molecule has 1 saturated heterocycles. The van der Waals surface area contributed by atoms with Gasteiger partial charge in [-0.2, -0.15) is 0 Å². The topological polar surface area (TPSA) is 58.4 Å². The number of amides is 1. The summed E-state index contributed by atoms with van der Waals surface area (Å²) in [5.74, 6) is 0.658. The molecule has 0 spiro atoms. The van der Waals surface area contributed by atoms with Crippen molar-refractivity contribution in [2.45, 2.75) is 45.1 Å². The Kier molecular flexibility index (Phi) is 4.58. The SMILES string of the molecule is CC[C@@H](C)c1cc(C(=O)N2CCC[C@@H](NC)C2)on1. The van der Waals surface area contributed by atoms with Gasteiger partial charge in [-0.1, -0.05) is 19.0 Å². The summed E-state index contributed by atoms with van der Waals surface area (Å²) in [5, 5.41) is 7.24. The molecule has 0 bridgehead atoms. The van der Waals surface area contributed by atoms with Crippen LogP contribution in [0.15, 0.2) is 10.6 Å². The van der Waals surface area contributed by atoms with E-state index in [2.05, 4.69) is 24.3 Å². The van der Waals surface area contributed by atoms with E-state index in [0.29, 0.717) is 17.7 Å². The zero-order chi connectivity index (χ0) is 13.8. The summed E-state index contributed by atoms with van der Waals surface area (Å²) in [7, 11) is 1.94. The second-order valence-corrected chi connectivity index (χ2v) is 5.30. The normalized spacial score (nSPS) is 21.4. The molecule has 1 aliphatic rings. The van der Waals surface area contributed by atoms with Crippen LogP contribution in [0, 0.1) is 0 Å². The first-order valence-electron chi connectivity index (χ1n) is 7.08. The van der Waals surface area contributed by atoms with Crippen molar-refractivity contribution < 1.29 is 9.32 Å². The smallest absolute Gasteiger partial charge is 0.292 e. The average molecular weight is 265 g/mol. The van der Waals surface area contributed by atoms with Gasteiger partial charge in [0.2, 0.25) is 5.76 Å². The summed E-state index contributed by atoms with van der Waals surface area (Å²) in [6, 6.07) is 2.18. The Morgan fingerprint density at radius 1 is 1.68 bits per heavy atom. The van der Waals surface area contributed by atoms with Gasteiger partial charge in [0.15, 0.2) is 0 Å². The lowest BCUT2D eigenvalue weighted by Crippen LogP contribution is -2.46. The molecule has 19 heavy (non-hydrogen) atoms. The third-order valence-electron chi connectivity index (χ3n) is 3.97. The highest BCUT2D eigenvalue weighted by molar-refractivity contribution is 5.91. The molecule has 0 radical (unpaired) electrons. The van der Waals surface area contributed by atoms with Crippen LogP contribution >= 0.6 is 0 Å². The number of rotatable bonds is 4. The Bertz CT molecular complexity index is 430. The first-order chi connectivity index (χ1) is 9.15. The van der Waals surface area contributed by atoms with Crippen LogP contribution < -0.4 is 5.32 Å². The van der Waals surface area contributed by atoms with Gasteiger partial charge in [-0.05, 0) is 26.3 Å². The highest BCUT2D eigenvalue weighted by Gasteiger charge is 2.26. The minimum atomic E-state index is -0.0398. The fourth-order valence-electron chi connectivity index (χ4n) is 2.38. The summed E-state index contributed by atoms with van der Waals surface area (Å²) in [6.07, 6.45) is 3.14. The second kappa shape index (κ2) is 6.19. The minimum absolute atomic E-state index is 0.0398. The Hall–Kier alpha value is -1.36. The molecule has 0 saturated carbocycles. The van der Waals surface area contributed by atoms with E-state index in [1.165, 1.54) is 0 Å². The molecule has 1 fully saturated rings. The molecule has 1 aromatic rings. The number of piperidine rings is 1. The van der Waals surface area contributed by atoms with E-state index in [1.807, 2.05) is 11.9 Å². The average Bonchev–Trinajstić information content (AvgIpc) is 2.95. The van der Waals surface area contributed by atoms with Gasteiger partial charge in [0.25, 0.3) is 5.91 Å². The quantitative estimate of drug-likeness (QED) is 0.904. The summed E-state index contributed by atoms with van der Waals surface area (Å²) >= 11 is 0. The third-order valence-corrected chi connectivity index (χ3v) is 3.97. The Labute approximate surface area is 114 Å². The fourth-order valence-corrected chi connectivity index (χ4v) is 2.38. The lowest BCUT2D eigenvalue weighted by atomic mass is 10.0. The number of nitrogens with one attached hydrogen (secondary N) is 1. The number of carbonyl (C=O) groups excluding carboxylic acids is 1. The van der Waals surface area contributed by atoms with E-state index in [-0.39, 0.29) is 5.91 Å². The molecule has 1 N–H and O–H groups in total. The van der Waals surface area contributed by atoms with Crippen molar-refractivity contribution in [3.8, 4) is 0 Å². The summed E-state index contributed by atoms with van der Waals surface area (Å²) in [5.41, 5.74) is 0.869. The first-order valence-corrected chi connectivity index (χ1v) is 7.08. The van der Waals surface area contributed by atoms with Gasteiger partial charge in [0.1, 0.15) is 0 Å². The molecule has 106 valence electrons. The Morgan fingerprint density at radius 3 is 3.16 bits per heavy atom. The Morgan fingerprint density at radius 2 is 2.47 bits per heavy atom. The number of carbonyl (C=O) groups is 1. The van der Waals surface area contributed by atoms with Crippen LogP contribution in [-0.4, -0.2) is 42.1 Å². The Balaban J connectivity index is 2.04. The molecule has 2 atom stereocenters. The zero-order valence-corrected chi connectivity index (χ0v) is 12.0. The molecule has 5 nitrogen and oxygen atoms in total. The van der Waals surface area contributed by atoms with E-state index in [9.17, 15) is 4.79 Å². The number of nitrogens with zero attached hydrogens (tertiary/aromatic N) is 2. The van der Waals surface area contributed by atoms with Gasteiger partial charge in [-0.25, -0.2) is 0 Å². The predicted octanol–water partition coefficient (Wildman–Crippen LogP) is 2.01. The maximum atomic E-state index is 12.3. The number of hydrogen-bond acceptors (Lipinski definition) is 4. The third kappa shape index (κ3) is 3.15. The van der Waals surface area contributed by atoms with Crippen LogP contribution in [0.5, 0.6) is 0 Å². The van der Waals surface area contributed by atoms with E-state index in [0.717, 1.165) is 38.0 Å². The molecule has 2 heterocycles. The van der Waals surface area contributed by atoms with Crippen molar-refractivity contribution in [3.05, 3.63) is 17.5 Å². The molecule has 2 rings (SSSR count). The van der Waals surface area contributed by atoms with Crippen molar-refractivity contribution in [2.75, 3.05) is 20.1 Å². The molecule has 1 aromatic heterocycles. The first kappa shape index (κ1) is 14.1. The van der Waals surface area contributed by atoms with Gasteiger partial charge in [0, 0.05) is 31.1 Å². The highest BCUT2D eigenvalue weighted by atomic mass is 16.5. The molecule has 0 unspecified atom stereocenters. The summed E-state index contributed by atoms with van der Waals surface area (Å²) in [4.78, 5) is 14.2. The minimum Gasteiger partial charge on any atom is -0.351 e. The lowest BCUT2D eigenvalue weighted by Gasteiger charge is -2.31. The fraction of sp³-hybridized carbons (Fsp3) is 0.714. The van der Waals surface area contributed by atoms with Gasteiger partial charge in [-0.15, -0.1) is 0 Å². The van der Waals surface area contributed by atoms with Crippen molar-refractivity contribution in [2.24, 2.45) is 0 Å². The van der Waals surface area contributed by atoms with Crippen molar-refractivity contribution in [3.63, 3.8) is 0 Å². The molecular weight excluding hydrogens is 242 g/mol. The van der Waals surface area contributed by atoms with Crippen LogP contribution in [0.2, 0.25) is 0 Å². The summed E-state index contributed by atoms with van der Waals surface area (Å²) in [6.45, 7) is 5.73. The second-order valence-electron chi connectivity index (χ2n) is 5.30. The monoisotopic (exact) mass is 265 g/mol. The van der Waals surface area contributed by atoms with Gasteiger partial charge in [0.05, 0.1) is 5.69 Å². The van der Waals surface area contributed by atoms with Crippen molar-refractivity contribution >= 4 is 5.91 Å². The van der Waals surface area contributed by atoms with Crippen LogP contribution in [0.4, 0.5) is 0 Å². The standard InChI is InChI=1S/C14H23N3O2/c1-4-10(2)12-8-13(19-16-12)14(18)17-7-5-6-11(9-17)15-3/h8,10-11,15H,4-7,9H2,1-3H3/t10-,11-/m1/s1. The van der Waals surface area contributed by atoms with Crippen LogP contribution in [0.25, 0.3) is 0 Å². The number of hydrogen-bond donors (Lipinski definition) is 1. The molecule has 1 aliphatic heterocycles. The van der Waals surface area contributed by atoms with Crippen molar-refractivity contribution in [1.29, 1.82) is 0 Å². The maximum Gasteiger partial charge on any atom is 0.292 e. The van der Waals surface area contributed by atoms with Crippen LogP contribution in [-0.2, 0) is 0 Å². The molecule has 5 heteroatoms. The lowest BCUT2D eigenvalue weighted by molar-refractivity contribution is 0.0656. The van der Waals surface area contributed by atoms with Crippen LogP contribution in [0.3, 0.4) is 0 Å². The molecule has 1 amide bonds. The molecule has 0 aromatic carbocycles. The predicted molar refractivity (Wildman–Crippen MR) is 73.2 cm³/mol. The van der Waals surface area contributed by atoms with Crippen LogP contribution in [0.1, 0.15) is 55.3 Å². The maximum absolute atomic E-state index is 12.3. The van der Waals surface area contributed by atoms with Crippen molar-refractivity contribution in [1.82, 2.24) is 15.4 Å². The largest absolute Gasteiger partial charge is 0.351 e. The zero-order valence-electron chi connectivity index (χ0n) is 12.0. The highest BCUT2D eigenvalue weighted by Crippen LogP contribution is 2.20. The van der Waals surface area contributed by atoms with Gasteiger partial charge >= 0.3 is 0 Å². The van der Waals surface area contributed by atoms with E-state index >= 15 is 0 Å². The summed E-state index contributed by atoms with van der Waals surface area (Å²) < 4.78 is 5.21. The van der Waals surface area contributed by atoms with E-state index < -0.39 is 0 Å². The van der Waals surface area contributed by atoms with E-state index in [4.69, 9.17) is 4.52 Å². The number of aromatic nitrogens is 1. The number of likely N-dealkylation sites (N-methyl/N-ethyl adjacent to an activating group) is 1. The van der Waals surface area contributed by atoms with E-state index in [1.54, 1.807) is 6.07 Å².